The molecule has 272 valence electrons. The minimum Gasteiger partial charge on any atom is -0.497 e. The quantitative estimate of drug-likeness (QED) is 0.154. The fourth-order valence-corrected chi connectivity index (χ4v) is 6.40. The van der Waals surface area contributed by atoms with E-state index in [1.165, 1.54) is 10.8 Å². The lowest BCUT2D eigenvalue weighted by Gasteiger charge is -2.37. The molecule has 14 heteroatoms. The Bertz CT molecular complexity index is 1980. The lowest BCUT2D eigenvalue weighted by Crippen LogP contribution is -2.38. The largest absolute Gasteiger partial charge is 0.497 e. The minimum atomic E-state index is -1.28. The van der Waals surface area contributed by atoms with Crippen LogP contribution >= 0.6 is 0 Å². The van der Waals surface area contributed by atoms with Crippen LogP contribution in [-0.4, -0.2) is 70.5 Å². The zero-order valence-electron chi connectivity index (χ0n) is 28.9. The van der Waals surface area contributed by atoms with Crippen molar-refractivity contribution < 1.29 is 43.3 Å². The third kappa shape index (κ3) is 7.40. The highest BCUT2D eigenvalue weighted by atomic mass is 16.7. The highest BCUT2D eigenvalue weighted by molar-refractivity contribution is 6.01. The number of aromatic nitrogens is 2. The summed E-state index contributed by atoms with van der Waals surface area (Å²) in [5.74, 6) is -0.517. The Morgan fingerprint density at radius 1 is 0.865 bits per heavy atom. The number of aliphatic hydroxyl groups is 1. The number of carbonyl (C=O) groups is 3. The molecule has 2 N–H and O–H groups in total. The van der Waals surface area contributed by atoms with E-state index in [-0.39, 0.29) is 38.7 Å². The summed E-state index contributed by atoms with van der Waals surface area (Å²) < 4.78 is 25.2. The van der Waals surface area contributed by atoms with E-state index in [0.29, 0.717) is 27.7 Å². The molecule has 0 spiro atoms. The number of aromatic amines is 1. The SMILES string of the molecule is COc1ccc(C(OC[C@H]2O[C@@H](n3cc(C)c(=O)[nH]c3=O)CC2O)(c2ccc(CCC(=O)ON3C(=O)CCC3=O)cc2)c2ccc(OC)cc2)cc1. The van der Waals surface area contributed by atoms with Gasteiger partial charge in [0, 0.05) is 31.0 Å². The topological polar surface area (TPSA) is 176 Å². The predicted octanol–water partition coefficient (Wildman–Crippen LogP) is 3.06. The Morgan fingerprint density at radius 2 is 1.40 bits per heavy atom. The molecule has 14 nitrogen and oxygen atoms in total. The fourth-order valence-electron chi connectivity index (χ4n) is 6.40. The molecular weight excluding hydrogens is 674 g/mol. The van der Waals surface area contributed by atoms with Gasteiger partial charge in [0.1, 0.15) is 29.4 Å². The molecule has 1 aromatic heterocycles. The van der Waals surface area contributed by atoms with Crippen LogP contribution in [0.3, 0.4) is 0 Å². The lowest BCUT2D eigenvalue weighted by atomic mass is 9.79. The maximum Gasteiger partial charge on any atom is 0.333 e. The molecule has 52 heavy (non-hydrogen) atoms. The summed E-state index contributed by atoms with van der Waals surface area (Å²) in [5.41, 5.74) is 0.858. The molecule has 3 heterocycles. The molecule has 2 aliphatic rings. The lowest BCUT2D eigenvalue weighted by molar-refractivity contribution is -0.197. The summed E-state index contributed by atoms with van der Waals surface area (Å²) >= 11 is 0. The maximum atomic E-state index is 12.6. The number of ether oxygens (including phenoxy) is 4. The van der Waals surface area contributed by atoms with E-state index in [0.717, 1.165) is 16.7 Å². The predicted molar refractivity (Wildman–Crippen MR) is 184 cm³/mol. The van der Waals surface area contributed by atoms with Gasteiger partial charge >= 0.3 is 11.7 Å². The van der Waals surface area contributed by atoms with Gasteiger partial charge in [0.05, 0.1) is 33.4 Å². The average molecular weight is 714 g/mol. The molecule has 4 aromatic rings. The summed E-state index contributed by atoms with van der Waals surface area (Å²) in [6, 6.07) is 22.2. The summed E-state index contributed by atoms with van der Waals surface area (Å²) in [5, 5.41) is 11.7. The first-order valence-electron chi connectivity index (χ1n) is 16.8. The van der Waals surface area contributed by atoms with Gasteiger partial charge in [-0.15, -0.1) is 5.06 Å². The van der Waals surface area contributed by atoms with E-state index in [2.05, 4.69) is 4.98 Å². The van der Waals surface area contributed by atoms with Crippen molar-refractivity contribution in [2.24, 2.45) is 0 Å². The maximum absolute atomic E-state index is 12.6. The number of benzene rings is 3. The number of hydroxylamine groups is 2. The molecule has 2 aliphatic heterocycles. The Balaban J connectivity index is 1.31. The second-order valence-corrected chi connectivity index (χ2v) is 12.6. The molecule has 6 rings (SSSR count). The average Bonchev–Trinajstić information content (AvgIpc) is 3.69. The number of methoxy groups -OCH3 is 2. The van der Waals surface area contributed by atoms with E-state index in [1.54, 1.807) is 21.1 Å². The van der Waals surface area contributed by atoms with Gasteiger partial charge in [-0.05, 0) is 59.9 Å². The van der Waals surface area contributed by atoms with Gasteiger partial charge in [0.25, 0.3) is 17.4 Å². The normalized spacial score (nSPS) is 18.8. The number of nitrogens with zero attached hydrogens (tertiary/aromatic N) is 2. The molecule has 2 amide bonds. The van der Waals surface area contributed by atoms with Crippen LogP contribution in [0.5, 0.6) is 11.5 Å². The number of carbonyl (C=O) groups excluding carboxylic acids is 3. The van der Waals surface area contributed by atoms with Crippen molar-refractivity contribution in [1.82, 2.24) is 14.6 Å². The van der Waals surface area contributed by atoms with Crippen LogP contribution in [0.1, 0.15) is 59.7 Å². The van der Waals surface area contributed by atoms with Crippen LogP contribution in [0.2, 0.25) is 0 Å². The number of hydrogen-bond acceptors (Lipinski definition) is 11. The van der Waals surface area contributed by atoms with E-state index in [9.17, 15) is 29.1 Å². The molecule has 2 saturated heterocycles. The highest BCUT2D eigenvalue weighted by Gasteiger charge is 2.42. The van der Waals surface area contributed by atoms with Gasteiger partial charge in [-0.2, -0.15) is 0 Å². The number of aryl methyl sites for hydroxylation is 2. The number of rotatable bonds is 13. The molecule has 0 radical (unpaired) electrons. The van der Waals surface area contributed by atoms with Crippen LogP contribution in [0, 0.1) is 6.92 Å². The van der Waals surface area contributed by atoms with Crippen molar-refractivity contribution in [2.45, 2.75) is 63.1 Å². The van der Waals surface area contributed by atoms with E-state index < -0.39 is 53.1 Å². The highest BCUT2D eigenvalue weighted by Crippen LogP contribution is 2.43. The van der Waals surface area contributed by atoms with Crippen LogP contribution in [0.25, 0.3) is 0 Å². The first-order chi connectivity index (χ1) is 25.0. The van der Waals surface area contributed by atoms with Crippen molar-refractivity contribution in [1.29, 1.82) is 0 Å². The summed E-state index contributed by atoms with van der Waals surface area (Å²) in [6.07, 6.45) is -0.937. The Hall–Kier alpha value is -5.57. The smallest absolute Gasteiger partial charge is 0.333 e. The third-order valence-corrected chi connectivity index (χ3v) is 9.29. The van der Waals surface area contributed by atoms with Crippen molar-refractivity contribution in [3.8, 4) is 11.5 Å². The molecule has 3 aromatic carbocycles. The number of aliphatic hydroxyl groups excluding tert-OH is 1. The first-order valence-corrected chi connectivity index (χ1v) is 16.8. The van der Waals surface area contributed by atoms with Gasteiger partial charge in [-0.25, -0.2) is 9.59 Å². The molecule has 2 fully saturated rings. The van der Waals surface area contributed by atoms with Gasteiger partial charge in [0.2, 0.25) is 0 Å². The van der Waals surface area contributed by atoms with E-state index in [4.69, 9.17) is 23.8 Å². The van der Waals surface area contributed by atoms with E-state index in [1.807, 2.05) is 72.8 Å². The number of nitrogens with one attached hydrogen (secondary N) is 1. The van der Waals surface area contributed by atoms with Crippen molar-refractivity contribution in [2.75, 3.05) is 20.8 Å². The summed E-state index contributed by atoms with van der Waals surface area (Å²) in [4.78, 5) is 68.1. The van der Waals surface area contributed by atoms with Crippen LogP contribution in [-0.2, 0) is 40.7 Å². The van der Waals surface area contributed by atoms with Crippen LogP contribution < -0.4 is 20.7 Å². The van der Waals surface area contributed by atoms with Crippen molar-refractivity contribution in [3.63, 3.8) is 0 Å². The fraction of sp³-hybridized carbons (Fsp3) is 0.342. The van der Waals surface area contributed by atoms with Gasteiger partial charge < -0.3 is 28.9 Å². The Morgan fingerprint density at radius 3 is 1.94 bits per heavy atom. The number of amides is 2. The molecular formula is C38H39N3O11. The van der Waals surface area contributed by atoms with Gasteiger partial charge in [-0.1, -0.05) is 48.5 Å². The second-order valence-electron chi connectivity index (χ2n) is 12.6. The number of imide groups is 1. The minimum absolute atomic E-state index is 0.0149. The Kier molecular flexibility index (Phi) is 10.7. The monoisotopic (exact) mass is 713 g/mol. The molecule has 0 bridgehead atoms. The second kappa shape index (κ2) is 15.4. The molecule has 0 saturated carbocycles. The van der Waals surface area contributed by atoms with Gasteiger partial charge in [0.15, 0.2) is 0 Å². The summed E-state index contributed by atoms with van der Waals surface area (Å²) in [6.45, 7) is 1.48. The van der Waals surface area contributed by atoms with Crippen molar-refractivity contribution in [3.05, 3.63) is 128 Å². The molecule has 3 atom stereocenters. The van der Waals surface area contributed by atoms with E-state index >= 15 is 0 Å². The Labute approximate surface area is 298 Å². The number of H-pyrrole nitrogens is 1. The van der Waals surface area contributed by atoms with Crippen molar-refractivity contribution >= 4 is 17.8 Å². The first kappa shape index (κ1) is 36.2. The zero-order chi connectivity index (χ0) is 37.0. The van der Waals surface area contributed by atoms with Gasteiger partial charge in [-0.3, -0.25) is 23.9 Å². The zero-order valence-corrected chi connectivity index (χ0v) is 28.9. The molecule has 0 aliphatic carbocycles. The number of hydrogen-bond donors (Lipinski definition) is 2. The molecule has 1 unspecified atom stereocenters. The standard InChI is InChI=1S/C38H39N3O11/c1-23-21-40(37(47)39-36(23)46)34-20-30(42)31(51-34)22-50-38(26-9-13-28(48-2)14-10-26,27-11-15-29(49-3)16-12-27)25-7-4-24(5-8-25)6-19-35(45)52-41-32(43)17-18-33(41)44/h4-5,7-16,21,30-31,34,42H,6,17-20,22H2,1-3H3,(H,39,46,47)/t30?,31-,34-/m1/s1. The van der Waals surface area contributed by atoms with Crippen LogP contribution in [0.4, 0.5) is 0 Å². The third-order valence-electron chi connectivity index (χ3n) is 9.29. The summed E-state index contributed by atoms with van der Waals surface area (Å²) in [7, 11) is 3.14. The van der Waals surface area contributed by atoms with Crippen LogP contribution in [0.15, 0.2) is 88.6 Å².